The van der Waals surface area contributed by atoms with Gasteiger partial charge in [-0.3, -0.25) is 0 Å². The van der Waals surface area contributed by atoms with Crippen LogP contribution in [-0.4, -0.2) is 4.98 Å². The first-order valence-electron chi connectivity index (χ1n) is 5.11. The number of nitrogens with zero attached hydrogens (tertiary/aromatic N) is 1. The van der Waals surface area contributed by atoms with Gasteiger partial charge >= 0.3 is 32.7 Å². The Kier molecular flexibility index (Phi) is 3.65. The van der Waals surface area contributed by atoms with Gasteiger partial charge in [0, 0.05) is 0 Å². The maximum absolute atomic E-state index is 5.34. The molecule has 0 aliphatic heterocycles. The van der Waals surface area contributed by atoms with Gasteiger partial charge in [0.25, 0.3) is 0 Å². The molecule has 0 bridgehead atoms. The van der Waals surface area contributed by atoms with Crippen molar-refractivity contribution in [2.24, 2.45) is 0 Å². The molecule has 0 aliphatic rings. The predicted octanol–water partition coefficient (Wildman–Crippen LogP) is 3.67. The fraction of sp³-hybridized carbons (Fsp3) is 0. The third-order valence-corrected chi connectivity index (χ3v) is 2.54. The van der Waals surface area contributed by atoms with E-state index < -0.39 is 0 Å². The van der Waals surface area contributed by atoms with Crippen LogP contribution >= 0.6 is 0 Å². The molecule has 0 N–H and O–H groups in total. The average molecular weight is 297 g/mol. The number of hydrogen-bond donors (Lipinski definition) is 0. The van der Waals surface area contributed by atoms with Crippen LogP contribution in [0.2, 0.25) is 0 Å². The summed E-state index contributed by atoms with van der Waals surface area (Å²) in [5.74, 6) is 0.459. The first-order valence-corrected chi connectivity index (χ1v) is 5.11. The number of fused-ring (bicyclic) bond motifs is 1. The zero-order valence-corrected chi connectivity index (χ0v) is 12.1. The van der Waals surface area contributed by atoms with Gasteiger partial charge in [-0.15, -0.1) is 0 Å². The maximum atomic E-state index is 5.34. The van der Waals surface area contributed by atoms with Crippen molar-refractivity contribution in [1.29, 1.82) is 0 Å². The van der Waals surface area contributed by atoms with Crippen LogP contribution in [-0.2, 0) is 32.7 Å². The first kappa shape index (κ1) is 12.3. The fourth-order valence-corrected chi connectivity index (χ4v) is 1.79. The van der Waals surface area contributed by atoms with Crippen molar-refractivity contribution in [2.45, 2.75) is 0 Å². The van der Waals surface area contributed by atoms with E-state index in [4.69, 9.17) is 4.42 Å². The number of aromatic nitrogens is 1. The van der Waals surface area contributed by atoms with Gasteiger partial charge in [-0.25, -0.2) is 4.98 Å². The minimum atomic E-state index is 0. The van der Waals surface area contributed by atoms with Gasteiger partial charge in [0.05, 0.1) is 5.89 Å². The summed E-state index contributed by atoms with van der Waals surface area (Å²) >= 11 is 0. The van der Waals surface area contributed by atoms with Crippen molar-refractivity contribution in [2.75, 3.05) is 0 Å². The Bertz CT molecular complexity index is 631. The molecular weight excluding hydrogens is 287 g/mol. The predicted molar refractivity (Wildman–Crippen MR) is 63.9 cm³/mol. The van der Waals surface area contributed by atoms with Gasteiger partial charge in [0.1, 0.15) is 5.52 Å². The fourth-order valence-electron chi connectivity index (χ4n) is 1.79. The van der Waals surface area contributed by atoms with E-state index in [1.807, 2.05) is 36.4 Å². The number of hydrogen-bond acceptors (Lipinski definition) is 2. The number of rotatable bonds is 1. The molecule has 0 fully saturated rings. The minimum absolute atomic E-state index is 0. The SMILES string of the molecule is [CH2-]c1nc2cc(-c3ccccc3)ccc2o1.[Y+3]. The molecule has 2 aromatic carbocycles. The summed E-state index contributed by atoms with van der Waals surface area (Å²) in [6, 6.07) is 16.2. The molecule has 2 nitrogen and oxygen atoms in total. The van der Waals surface area contributed by atoms with Crippen molar-refractivity contribution in [3.63, 3.8) is 0 Å². The summed E-state index contributed by atoms with van der Waals surface area (Å²) < 4.78 is 5.34. The first-order chi connectivity index (χ1) is 7.83. The van der Waals surface area contributed by atoms with Gasteiger partial charge in [0.2, 0.25) is 0 Å². The number of benzene rings is 2. The molecule has 1 aromatic heterocycles. The molecular formula is C14H10NOY+2. The molecule has 78 valence electrons. The van der Waals surface area contributed by atoms with Gasteiger partial charge < -0.3 is 11.3 Å². The molecule has 3 aromatic rings. The van der Waals surface area contributed by atoms with Crippen molar-refractivity contribution < 1.29 is 37.1 Å². The molecule has 0 unspecified atom stereocenters. The van der Waals surface area contributed by atoms with E-state index >= 15 is 0 Å². The van der Waals surface area contributed by atoms with Crippen molar-refractivity contribution in [1.82, 2.24) is 4.98 Å². The smallest absolute Gasteiger partial charge is 0.472 e. The van der Waals surface area contributed by atoms with Crippen LogP contribution < -0.4 is 0 Å². The Hall–Kier alpha value is -1.12. The maximum Gasteiger partial charge on any atom is 3.00 e. The molecule has 0 radical (unpaired) electrons. The summed E-state index contributed by atoms with van der Waals surface area (Å²) in [5, 5.41) is 0. The van der Waals surface area contributed by atoms with E-state index in [9.17, 15) is 0 Å². The van der Waals surface area contributed by atoms with Crippen LogP contribution in [0, 0.1) is 6.92 Å². The van der Waals surface area contributed by atoms with Crippen LogP contribution in [0.3, 0.4) is 0 Å². The standard InChI is InChI=1S/C14H10NO.Y/c1-10-15-13-9-12(7-8-14(13)16-10)11-5-3-2-4-6-11;/h2-9H,1H2;/q-1;+3. The van der Waals surface area contributed by atoms with Crippen LogP contribution in [0.5, 0.6) is 0 Å². The molecule has 0 spiro atoms. The monoisotopic (exact) mass is 297 g/mol. The molecule has 3 rings (SSSR count). The Labute approximate surface area is 125 Å². The Morgan fingerprint density at radius 1 is 0.941 bits per heavy atom. The summed E-state index contributed by atoms with van der Waals surface area (Å²) in [5.41, 5.74) is 3.95. The van der Waals surface area contributed by atoms with Crippen molar-refractivity contribution >= 4 is 11.1 Å². The molecule has 1 heterocycles. The van der Waals surface area contributed by atoms with Gasteiger partial charge in [0.15, 0.2) is 5.58 Å². The van der Waals surface area contributed by atoms with E-state index in [-0.39, 0.29) is 32.7 Å². The molecule has 0 saturated heterocycles. The topological polar surface area (TPSA) is 26.0 Å². The summed E-state index contributed by atoms with van der Waals surface area (Å²) in [6.07, 6.45) is 0. The van der Waals surface area contributed by atoms with Gasteiger partial charge in [-0.05, 0) is 23.3 Å². The van der Waals surface area contributed by atoms with Gasteiger partial charge in [-0.2, -0.15) is 0 Å². The third-order valence-electron chi connectivity index (χ3n) is 2.54. The minimum Gasteiger partial charge on any atom is -0.472 e. The van der Waals surface area contributed by atoms with Crippen molar-refractivity contribution in [3.8, 4) is 11.1 Å². The van der Waals surface area contributed by atoms with Crippen LogP contribution in [0.25, 0.3) is 22.2 Å². The second-order valence-electron chi connectivity index (χ2n) is 3.66. The Morgan fingerprint density at radius 2 is 1.71 bits per heavy atom. The van der Waals surface area contributed by atoms with E-state index in [1.165, 1.54) is 5.56 Å². The second-order valence-corrected chi connectivity index (χ2v) is 3.66. The molecule has 0 atom stereocenters. The van der Waals surface area contributed by atoms with Crippen molar-refractivity contribution in [3.05, 3.63) is 61.3 Å². The van der Waals surface area contributed by atoms with E-state index in [2.05, 4.69) is 24.0 Å². The average Bonchev–Trinajstić information content (AvgIpc) is 2.69. The molecule has 0 aliphatic carbocycles. The quantitative estimate of drug-likeness (QED) is 0.640. The van der Waals surface area contributed by atoms with E-state index in [0.717, 1.165) is 16.7 Å². The zero-order valence-electron chi connectivity index (χ0n) is 9.26. The second kappa shape index (κ2) is 5.03. The summed E-state index contributed by atoms with van der Waals surface area (Å²) in [7, 11) is 0. The molecule has 0 saturated carbocycles. The molecule has 3 heteroatoms. The summed E-state index contributed by atoms with van der Waals surface area (Å²) in [6.45, 7) is 3.68. The van der Waals surface area contributed by atoms with Crippen LogP contribution in [0.15, 0.2) is 52.9 Å². The molecule has 0 amide bonds. The summed E-state index contributed by atoms with van der Waals surface area (Å²) in [4.78, 5) is 4.22. The normalized spacial score (nSPS) is 10.1. The Morgan fingerprint density at radius 3 is 2.47 bits per heavy atom. The third kappa shape index (κ3) is 2.43. The van der Waals surface area contributed by atoms with E-state index in [0.29, 0.717) is 5.89 Å². The van der Waals surface area contributed by atoms with E-state index in [1.54, 1.807) is 0 Å². The molecule has 17 heavy (non-hydrogen) atoms. The zero-order chi connectivity index (χ0) is 11.0. The Balaban J connectivity index is 0.00000108. The van der Waals surface area contributed by atoms with Crippen LogP contribution in [0.4, 0.5) is 0 Å². The largest absolute Gasteiger partial charge is 3.00 e. The van der Waals surface area contributed by atoms with Crippen LogP contribution in [0.1, 0.15) is 5.89 Å². The number of oxazole rings is 1. The van der Waals surface area contributed by atoms with Gasteiger partial charge in [-0.1, -0.05) is 36.4 Å².